The fraction of sp³-hybridized carbons (Fsp3) is 0.533. The van der Waals surface area contributed by atoms with Crippen LogP contribution in [0.15, 0.2) is 22.7 Å². The van der Waals surface area contributed by atoms with Gasteiger partial charge in [-0.05, 0) is 37.5 Å². The molecule has 4 nitrogen and oxygen atoms in total. The summed E-state index contributed by atoms with van der Waals surface area (Å²) in [6.07, 6.45) is 1.48. The molecule has 2 N–H and O–H groups in total. The summed E-state index contributed by atoms with van der Waals surface area (Å²) in [5.41, 5.74) is 1.98. The summed E-state index contributed by atoms with van der Waals surface area (Å²) in [6, 6.07) is 5.97. The van der Waals surface area contributed by atoms with E-state index in [1.54, 1.807) is 14.0 Å². The van der Waals surface area contributed by atoms with Crippen LogP contribution in [0.3, 0.4) is 0 Å². The highest BCUT2D eigenvalue weighted by Gasteiger charge is 2.25. The van der Waals surface area contributed by atoms with Crippen LogP contribution in [0.25, 0.3) is 0 Å². The lowest BCUT2D eigenvalue weighted by Crippen LogP contribution is -2.42. The first-order chi connectivity index (χ1) is 9.52. The molecule has 2 rings (SSSR count). The molecular weight excluding hydrogens is 320 g/mol. The highest BCUT2D eigenvalue weighted by Crippen LogP contribution is 2.30. The predicted octanol–water partition coefficient (Wildman–Crippen LogP) is 2.46. The summed E-state index contributed by atoms with van der Waals surface area (Å²) in [4.78, 5) is 14.0. The van der Waals surface area contributed by atoms with Crippen LogP contribution in [-0.4, -0.2) is 31.2 Å². The van der Waals surface area contributed by atoms with Gasteiger partial charge in [-0.2, -0.15) is 0 Å². The lowest BCUT2D eigenvalue weighted by Gasteiger charge is -2.33. The molecule has 0 radical (unpaired) electrons. The van der Waals surface area contributed by atoms with E-state index >= 15 is 0 Å². The van der Waals surface area contributed by atoms with Crippen LogP contribution >= 0.6 is 15.9 Å². The molecule has 1 amide bonds. The van der Waals surface area contributed by atoms with Gasteiger partial charge in [0.05, 0.1) is 12.0 Å². The van der Waals surface area contributed by atoms with Crippen molar-refractivity contribution in [2.24, 2.45) is 5.92 Å². The van der Waals surface area contributed by atoms with E-state index in [9.17, 15) is 9.90 Å². The molecule has 0 saturated carbocycles. The first-order valence-corrected chi connectivity index (χ1v) is 7.76. The second kappa shape index (κ2) is 6.59. The maximum absolute atomic E-state index is 11.8. The maximum Gasteiger partial charge on any atom is 0.224 e. The van der Waals surface area contributed by atoms with Crippen LogP contribution in [0.5, 0.6) is 0 Å². The van der Waals surface area contributed by atoms with Crippen molar-refractivity contribution in [1.29, 1.82) is 0 Å². The number of anilines is 1. The molecule has 0 spiro atoms. The number of piperidine rings is 1. The SMILES string of the molecule is CNC(=O)C1CCCN(c2ccc(C(C)O)c(Br)c2)C1. The van der Waals surface area contributed by atoms with E-state index in [0.29, 0.717) is 0 Å². The largest absolute Gasteiger partial charge is 0.389 e. The minimum atomic E-state index is -0.488. The average molecular weight is 341 g/mol. The quantitative estimate of drug-likeness (QED) is 0.888. The number of benzene rings is 1. The summed E-state index contributed by atoms with van der Waals surface area (Å²) < 4.78 is 0.909. The van der Waals surface area contributed by atoms with Gasteiger partial charge in [-0.1, -0.05) is 22.0 Å². The highest BCUT2D eigenvalue weighted by atomic mass is 79.9. The zero-order chi connectivity index (χ0) is 14.7. The molecule has 110 valence electrons. The molecule has 2 atom stereocenters. The second-order valence-corrected chi connectivity index (χ2v) is 6.14. The van der Waals surface area contributed by atoms with Crippen molar-refractivity contribution < 1.29 is 9.90 Å². The predicted molar refractivity (Wildman–Crippen MR) is 83.8 cm³/mol. The van der Waals surface area contributed by atoms with E-state index in [4.69, 9.17) is 0 Å². The number of amides is 1. The minimum Gasteiger partial charge on any atom is -0.389 e. The van der Waals surface area contributed by atoms with Crippen molar-refractivity contribution in [3.05, 3.63) is 28.2 Å². The van der Waals surface area contributed by atoms with Gasteiger partial charge in [0.2, 0.25) is 5.91 Å². The normalized spacial score (nSPS) is 20.6. The third kappa shape index (κ3) is 3.33. The van der Waals surface area contributed by atoms with Crippen LogP contribution < -0.4 is 10.2 Å². The molecule has 1 aliphatic heterocycles. The van der Waals surface area contributed by atoms with Crippen LogP contribution in [0.2, 0.25) is 0 Å². The molecule has 5 heteroatoms. The fourth-order valence-electron chi connectivity index (χ4n) is 2.68. The van der Waals surface area contributed by atoms with E-state index < -0.39 is 6.10 Å². The van der Waals surface area contributed by atoms with Crippen molar-refractivity contribution in [2.45, 2.75) is 25.9 Å². The van der Waals surface area contributed by atoms with Gasteiger partial charge in [0.15, 0.2) is 0 Å². The number of hydrogen-bond donors (Lipinski definition) is 2. The standard InChI is InChI=1S/C15H21BrN2O2/c1-10(19)13-6-5-12(8-14(13)16)18-7-3-4-11(9-18)15(20)17-2/h5-6,8,10-11,19H,3-4,7,9H2,1-2H3,(H,17,20). The van der Waals surface area contributed by atoms with E-state index in [-0.39, 0.29) is 11.8 Å². The summed E-state index contributed by atoms with van der Waals surface area (Å²) >= 11 is 3.51. The molecule has 1 aromatic carbocycles. The third-order valence-corrected chi connectivity index (χ3v) is 4.52. The summed E-state index contributed by atoms with van der Waals surface area (Å²) in [6.45, 7) is 3.47. The Morgan fingerprint density at radius 2 is 2.30 bits per heavy atom. The molecule has 0 aromatic heterocycles. The van der Waals surface area contributed by atoms with Crippen LogP contribution in [0.1, 0.15) is 31.4 Å². The Kier molecular flexibility index (Phi) is 5.05. The van der Waals surface area contributed by atoms with Crippen molar-refractivity contribution in [1.82, 2.24) is 5.32 Å². The Bertz CT molecular complexity index is 491. The number of nitrogens with zero attached hydrogens (tertiary/aromatic N) is 1. The van der Waals surface area contributed by atoms with E-state index in [1.165, 1.54) is 0 Å². The van der Waals surface area contributed by atoms with Crippen LogP contribution in [0, 0.1) is 5.92 Å². The minimum absolute atomic E-state index is 0.0592. The Morgan fingerprint density at radius 1 is 1.55 bits per heavy atom. The lowest BCUT2D eigenvalue weighted by atomic mass is 9.96. The van der Waals surface area contributed by atoms with Gasteiger partial charge < -0.3 is 15.3 Å². The Balaban J connectivity index is 2.15. The average Bonchev–Trinajstić information content (AvgIpc) is 2.46. The number of carbonyl (C=O) groups is 1. The van der Waals surface area contributed by atoms with Crippen molar-refractivity contribution in [3.63, 3.8) is 0 Å². The molecule has 2 unspecified atom stereocenters. The first-order valence-electron chi connectivity index (χ1n) is 6.97. The number of rotatable bonds is 3. The Labute approximate surface area is 128 Å². The highest BCUT2D eigenvalue weighted by molar-refractivity contribution is 9.10. The third-order valence-electron chi connectivity index (χ3n) is 3.84. The molecule has 1 aromatic rings. The summed E-state index contributed by atoms with van der Waals surface area (Å²) in [5.74, 6) is 0.179. The van der Waals surface area contributed by atoms with E-state index in [0.717, 1.165) is 41.7 Å². The molecule has 1 fully saturated rings. The van der Waals surface area contributed by atoms with E-state index in [1.807, 2.05) is 18.2 Å². The van der Waals surface area contributed by atoms with E-state index in [2.05, 4.69) is 26.1 Å². The molecule has 1 saturated heterocycles. The van der Waals surface area contributed by atoms with Gasteiger partial charge in [-0.25, -0.2) is 0 Å². The van der Waals surface area contributed by atoms with Crippen molar-refractivity contribution in [2.75, 3.05) is 25.0 Å². The molecule has 1 heterocycles. The maximum atomic E-state index is 11.8. The van der Waals surface area contributed by atoms with Gasteiger partial charge in [-0.3, -0.25) is 4.79 Å². The smallest absolute Gasteiger partial charge is 0.224 e. The topological polar surface area (TPSA) is 52.6 Å². The van der Waals surface area contributed by atoms with Gasteiger partial charge in [0, 0.05) is 30.3 Å². The Morgan fingerprint density at radius 3 is 2.90 bits per heavy atom. The number of hydrogen-bond acceptors (Lipinski definition) is 3. The fourth-order valence-corrected chi connectivity index (χ4v) is 3.38. The van der Waals surface area contributed by atoms with Gasteiger partial charge in [0.1, 0.15) is 0 Å². The molecular formula is C15H21BrN2O2. The number of aliphatic hydroxyl groups is 1. The van der Waals surface area contributed by atoms with Crippen LogP contribution in [-0.2, 0) is 4.79 Å². The number of nitrogens with one attached hydrogen (secondary N) is 1. The zero-order valence-electron chi connectivity index (χ0n) is 11.9. The monoisotopic (exact) mass is 340 g/mol. The number of aliphatic hydroxyl groups excluding tert-OH is 1. The summed E-state index contributed by atoms with van der Waals surface area (Å²) in [5, 5.41) is 12.4. The molecule has 1 aliphatic rings. The van der Waals surface area contributed by atoms with Gasteiger partial charge in [0.25, 0.3) is 0 Å². The van der Waals surface area contributed by atoms with Crippen LogP contribution in [0.4, 0.5) is 5.69 Å². The Hall–Kier alpha value is -1.07. The first kappa shape index (κ1) is 15.3. The molecule has 0 bridgehead atoms. The lowest BCUT2D eigenvalue weighted by molar-refractivity contribution is -0.124. The second-order valence-electron chi connectivity index (χ2n) is 5.28. The van der Waals surface area contributed by atoms with Crippen molar-refractivity contribution >= 4 is 27.5 Å². The van der Waals surface area contributed by atoms with Crippen molar-refractivity contribution in [3.8, 4) is 0 Å². The number of carbonyl (C=O) groups excluding carboxylic acids is 1. The number of halogens is 1. The summed E-state index contributed by atoms with van der Waals surface area (Å²) in [7, 11) is 1.69. The zero-order valence-corrected chi connectivity index (χ0v) is 13.5. The molecule has 20 heavy (non-hydrogen) atoms. The molecule has 0 aliphatic carbocycles. The van der Waals surface area contributed by atoms with Gasteiger partial charge in [-0.15, -0.1) is 0 Å². The van der Waals surface area contributed by atoms with Gasteiger partial charge >= 0.3 is 0 Å².